The fourth-order valence-electron chi connectivity index (χ4n) is 4.11. The van der Waals surface area contributed by atoms with Gasteiger partial charge in [-0.05, 0) is 69.2 Å². The van der Waals surface area contributed by atoms with Crippen LogP contribution in [0.1, 0.15) is 44.5 Å². The molecule has 0 saturated carbocycles. The van der Waals surface area contributed by atoms with Crippen LogP contribution in [0.15, 0.2) is 70.0 Å². The van der Waals surface area contributed by atoms with Crippen molar-refractivity contribution in [1.82, 2.24) is 0 Å². The third-order valence-corrected chi connectivity index (χ3v) is 7.76. The van der Waals surface area contributed by atoms with Crippen LogP contribution < -0.4 is 4.31 Å². The molecular weight excluding hydrogens is 512 g/mol. The number of hydrogen-bond donors (Lipinski definition) is 0. The Balaban J connectivity index is 1.98. The molecular formula is C27H24N2O8S. The molecule has 10 nitrogen and oxygen atoms in total. The molecule has 4 rings (SSSR count). The number of anilines is 1. The molecule has 0 radical (unpaired) electrons. The van der Waals surface area contributed by atoms with E-state index in [-0.39, 0.29) is 45.2 Å². The number of carbonyl (C=O) groups excluding carboxylic acids is 2. The highest BCUT2D eigenvalue weighted by atomic mass is 32.2. The van der Waals surface area contributed by atoms with E-state index < -0.39 is 26.8 Å². The lowest BCUT2D eigenvalue weighted by atomic mass is 10.1. The topological polar surface area (TPSA) is 137 Å². The number of aryl methyl sites for hydroxylation is 3. The highest BCUT2D eigenvalue weighted by Crippen LogP contribution is 2.34. The summed E-state index contributed by atoms with van der Waals surface area (Å²) in [5, 5.41) is 11.6. The number of fused-ring (bicyclic) bond motifs is 1. The molecule has 0 aliphatic rings. The first-order valence-corrected chi connectivity index (χ1v) is 13.0. The Morgan fingerprint density at radius 3 is 2.45 bits per heavy atom. The van der Waals surface area contributed by atoms with Crippen molar-refractivity contribution in [3.8, 4) is 0 Å². The standard InChI is InChI=1S/C27H24N2O8S/c1-5-36-27(31)25-18(4)37-23-12-11-20(15-22(23)25)28(26(30)19-7-6-8-21(14-19)29(32)33)38(34,35)24-13-16(2)9-10-17(24)3/h6-15H,5H2,1-4H3. The Labute approximate surface area is 218 Å². The molecule has 0 fully saturated rings. The van der Waals surface area contributed by atoms with Gasteiger partial charge in [0.1, 0.15) is 16.9 Å². The molecule has 0 saturated heterocycles. The minimum Gasteiger partial charge on any atom is -0.462 e. The second-order valence-electron chi connectivity index (χ2n) is 8.59. The summed E-state index contributed by atoms with van der Waals surface area (Å²) in [7, 11) is -4.53. The molecule has 1 heterocycles. The first-order chi connectivity index (χ1) is 17.9. The lowest BCUT2D eigenvalue weighted by Gasteiger charge is -2.24. The van der Waals surface area contributed by atoms with Crippen LogP contribution in [-0.4, -0.2) is 31.8 Å². The molecule has 0 unspecified atom stereocenters. The van der Waals surface area contributed by atoms with E-state index in [0.29, 0.717) is 21.0 Å². The maximum Gasteiger partial charge on any atom is 0.342 e. The van der Waals surface area contributed by atoms with E-state index in [1.165, 1.54) is 42.5 Å². The van der Waals surface area contributed by atoms with Crippen LogP contribution in [0.2, 0.25) is 0 Å². The summed E-state index contributed by atoms with van der Waals surface area (Å²) >= 11 is 0. The molecule has 1 amide bonds. The van der Waals surface area contributed by atoms with Gasteiger partial charge in [0.2, 0.25) is 0 Å². The molecule has 196 valence electrons. The molecule has 0 spiro atoms. The van der Waals surface area contributed by atoms with Crippen molar-refractivity contribution in [2.45, 2.75) is 32.6 Å². The van der Waals surface area contributed by atoms with Crippen molar-refractivity contribution in [3.05, 3.63) is 98.8 Å². The third kappa shape index (κ3) is 4.75. The van der Waals surface area contributed by atoms with Gasteiger partial charge in [-0.25, -0.2) is 13.2 Å². The maximum atomic E-state index is 14.1. The van der Waals surface area contributed by atoms with Gasteiger partial charge < -0.3 is 9.15 Å². The van der Waals surface area contributed by atoms with Gasteiger partial charge in [-0.3, -0.25) is 14.9 Å². The van der Waals surface area contributed by atoms with Gasteiger partial charge >= 0.3 is 5.97 Å². The number of carbonyl (C=O) groups is 2. The average molecular weight is 537 g/mol. The van der Waals surface area contributed by atoms with E-state index in [4.69, 9.17) is 9.15 Å². The van der Waals surface area contributed by atoms with Crippen molar-refractivity contribution in [2.24, 2.45) is 0 Å². The lowest BCUT2D eigenvalue weighted by molar-refractivity contribution is -0.384. The van der Waals surface area contributed by atoms with Crippen LogP contribution in [0, 0.1) is 30.9 Å². The molecule has 3 aromatic carbocycles. The van der Waals surface area contributed by atoms with E-state index in [2.05, 4.69) is 0 Å². The molecule has 0 aliphatic carbocycles. The lowest BCUT2D eigenvalue weighted by Crippen LogP contribution is -2.37. The van der Waals surface area contributed by atoms with Gasteiger partial charge in [0, 0.05) is 23.1 Å². The highest BCUT2D eigenvalue weighted by Gasteiger charge is 2.34. The second-order valence-corrected chi connectivity index (χ2v) is 10.3. The third-order valence-electron chi connectivity index (χ3n) is 5.91. The maximum absolute atomic E-state index is 14.1. The molecule has 4 aromatic rings. The molecule has 0 atom stereocenters. The largest absolute Gasteiger partial charge is 0.462 e. The fourth-order valence-corrected chi connectivity index (χ4v) is 5.83. The van der Waals surface area contributed by atoms with E-state index in [9.17, 15) is 28.1 Å². The van der Waals surface area contributed by atoms with Gasteiger partial charge in [-0.1, -0.05) is 18.2 Å². The minimum absolute atomic E-state index is 0.0822. The van der Waals surface area contributed by atoms with E-state index in [0.717, 1.165) is 6.07 Å². The first-order valence-electron chi connectivity index (χ1n) is 11.6. The number of benzene rings is 3. The number of esters is 1. The summed E-state index contributed by atoms with van der Waals surface area (Å²) in [6.45, 7) is 6.66. The molecule has 38 heavy (non-hydrogen) atoms. The Morgan fingerprint density at radius 1 is 1.03 bits per heavy atom. The van der Waals surface area contributed by atoms with Gasteiger partial charge in [0.25, 0.3) is 21.6 Å². The number of nitrogens with zero attached hydrogens (tertiary/aromatic N) is 2. The van der Waals surface area contributed by atoms with E-state index in [1.807, 2.05) is 0 Å². The van der Waals surface area contributed by atoms with Crippen LogP contribution in [0.5, 0.6) is 0 Å². The van der Waals surface area contributed by atoms with Crippen molar-refractivity contribution < 1.29 is 32.1 Å². The van der Waals surface area contributed by atoms with Crippen LogP contribution in [0.4, 0.5) is 11.4 Å². The Hall–Kier alpha value is -4.51. The number of rotatable bonds is 7. The van der Waals surface area contributed by atoms with E-state index >= 15 is 0 Å². The van der Waals surface area contributed by atoms with Gasteiger partial charge in [-0.15, -0.1) is 0 Å². The second kappa shape index (κ2) is 10.1. The number of furan rings is 1. The van der Waals surface area contributed by atoms with Crippen molar-refractivity contribution in [3.63, 3.8) is 0 Å². The monoisotopic (exact) mass is 536 g/mol. The minimum atomic E-state index is -4.53. The predicted octanol–water partition coefficient (Wildman–Crippen LogP) is 5.48. The van der Waals surface area contributed by atoms with E-state index in [1.54, 1.807) is 39.8 Å². The summed E-state index contributed by atoms with van der Waals surface area (Å²) in [6.07, 6.45) is 0. The summed E-state index contributed by atoms with van der Waals surface area (Å²) < 4.78 is 39.5. The predicted molar refractivity (Wildman–Crippen MR) is 140 cm³/mol. The molecule has 1 aromatic heterocycles. The summed E-state index contributed by atoms with van der Waals surface area (Å²) in [5.74, 6) is -1.40. The summed E-state index contributed by atoms with van der Waals surface area (Å²) in [6, 6.07) is 13.8. The number of sulfonamides is 1. The summed E-state index contributed by atoms with van der Waals surface area (Å²) in [4.78, 5) is 37.0. The van der Waals surface area contributed by atoms with Crippen LogP contribution in [-0.2, 0) is 14.8 Å². The number of ether oxygens (including phenoxy) is 1. The van der Waals surface area contributed by atoms with Crippen molar-refractivity contribution in [1.29, 1.82) is 0 Å². The zero-order valence-corrected chi connectivity index (χ0v) is 21.9. The Bertz CT molecular complexity index is 1710. The Morgan fingerprint density at radius 2 is 1.76 bits per heavy atom. The zero-order chi connectivity index (χ0) is 27.8. The smallest absolute Gasteiger partial charge is 0.342 e. The zero-order valence-electron chi connectivity index (χ0n) is 21.0. The van der Waals surface area contributed by atoms with Crippen LogP contribution in [0.25, 0.3) is 11.0 Å². The number of hydrogen-bond acceptors (Lipinski definition) is 8. The average Bonchev–Trinajstić information content (AvgIpc) is 3.20. The number of amides is 1. The first kappa shape index (κ1) is 26.6. The molecule has 11 heteroatoms. The molecule has 0 aliphatic heterocycles. The van der Waals surface area contributed by atoms with Crippen LogP contribution >= 0.6 is 0 Å². The highest BCUT2D eigenvalue weighted by molar-refractivity contribution is 7.93. The van der Waals surface area contributed by atoms with Gasteiger partial charge in [-0.2, -0.15) is 4.31 Å². The number of nitro groups is 1. The quantitative estimate of drug-likeness (QED) is 0.172. The number of non-ortho nitro benzene ring substituents is 1. The number of nitro benzene ring substituents is 1. The van der Waals surface area contributed by atoms with Crippen LogP contribution in [0.3, 0.4) is 0 Å². The SMILES string of the molecule is CCOC(=O)c1c(C)oc2ccc(N(C(=O)c3cccc([N+](=O)[O-])c3)S(=O)(=O)c3cc(C)ccc3C)cc12. The fraction of sp³-hybridized carbons (Fsp3) is 0.185. The molecule has 0 bridgehead atoms. The van der Waals surface area contributed by atoms with Gasteiger partial charge in [0.05, 0.1) is 22.1 Å². The molecule has 0 N–H and O–H groups in total. The van der Waals surface area contributed by atoms with Crippen molar-refractivity contribution in [2.75, 3.05) is 10.9 Å². The van der Waals surface area contributed by atoms with Gasteiger partial charge in [0.15, 0.2) is 0 Å². The normalized spacial score (nSPS) is 11.4. The summed E-state index contributed by atoms with van der Waals surface area (Å²) in [5.41, 5.74) is 0.799. The Kier molecular flexibility index (Phi) is 7.05. The van der Waals surface area contributed by atoms with Crippen molar-refractivity contribution >= 4 is 44.2 Å².